The second kappa shape index (κ2) is 9.50. The van der Waals surface area contributed by atoms with E-state index in [1.165, 1.54) is 4.88 Å². The average molecular weight is 394 g/mol. The van der Waals surface area contributed by atoms with Crippen LogP contribution < -0.4 is 0 Å². The molecule has 3 rings (SSSR count). The van der Waals surface area contributed by atoms with Gasteiger partial charge in [-0.05, 0) is 37.6 Å². The molecule has 0 saturated carbocycles. The highest BCUT2D eigenvalue weighted by Crippen LogP contribution is 2.21. The van der Waals surface area contributed by atoms with E-state index >= 15 is 0 Å². The Labute approximate surface area is 168 Å². The first kappa shape index (κ1) is 20.8. The van der Waals surface area contributed by atoms with Gasteiger partial charge in [-0.1, -0.05) is 19.9 Å². The third kappa shape index (κ3) is 5.53. The number of rotatable bonds is 5. The zero-order valence-corrected chi connectivity index (χ0v) is 18.1. The fourth-order valence-corrected chi connectivity index (χ4v) is 5.21. The SMILES string of the molecule is CC1CN(C(C(=O)N2CCCN(Cc3cccs3)CC2)C(C)C)CC(C)O1. The Bertz CT molecular complexity index is 582. The van der Waals surface area contributed by atoms with Crippen molar-refractivity contribution in [1.82, 2.24) is 14.7 Å². The summed E-state index contributed by atoms with van der Waals surface area (Å²) in [4.78, 5) is 21.8. The van der Waals surface area contributed by atoms with Crippen LogP contribution in [0, 0.1) is 5.92 Å². The molecular weight excluding hydrogens is 358 g/mol. The summed E-state index contributed by atoms with van der Waals surface area (Å²) in [5.74, 6) is 0.616. The van der Waals surface area contributed by atoms with Gasteiger partial charge in [0.25, 0.3) is 0 Å². The number of amides is 1. The zero-order chi connectivity index (χ0) is 19.4. The third-order valence-electron chi connectivity index (χ3n) is 5.59. The van der Waals surface area contributed by atoms with Crippen LogP contribution in [-0.4, -0.2) is 78.1 Å². The average Bonchev–Trinajstić information content (AvgIpc) is 2.98. The summed E-state index contributed by atoms with van der Waals surface area (Å²) < 4.78 is 5.88. The summed E-state index contributed by atoms with van der Waals surface area (Å²) in [7, 11) is 0. The Balaban J connectivity index is 1.62. The fourth-order valence-electron chi connectivity index (χ4n) is 4.47. The number of carbonyl (C=O) groups is 1. The molecule has 6 heteroatoms. The van der Waals surface area contributed by atoms with Crippen LogP contribution in [-0.2, 0) is 16.1 Å². The van der Waals surface area contributed by atoms with Crippen molar-refractivity contribution in [1.29, 1.82) is 0 Å². The minimum atomic E-state index is -0.0392. The van der Waals surface area contributed by atoms with Crippen molar-refractivity contribution < 1.29 is 9.53 Å². The smallest absolute Gasteiger partial charge is 0.240 e. The first-order chi connectivity index (χ1) is 12.9. The molecule has 5 nitrogen and oxygen atoms in total. The second-order valence-corrected chi connectivity index (χ2v) is 9.47. The number of ether oxygens (including phenoxy) is 1. The van der Waals surface area contributed by atoms with E-state index < -0.39 is 0 Å². The standard InChI is InChI=1S/C21H35N3O2S/c1-16(2)20(24-13-17(3)26-18(4)14-24)21(25)23-9-6-8-22(10-11-23)15-19-7-5-12-27-19/h5,7,12,16-18,20H,6,8-11,13-15H2,1-4H3. The van der Waals surface area contributed by atoms with Gasteiger partial charge in [0.05, 0.1) is 18.2 Å². The van der Waals surface area contributed by atoms with Gasteiger partial charge >= 0.3 is 0 Å². The number of hydrogen-bond acceptors (Lipinski definition) is 5. The van der Waals surface area contributed by atoms with Crippen LogP contribution in [0.15, 0.2) is 17.5 Å². The molecule has 2 aliphatic heterocycles. The van der Waals surface area contributed by atoms with Crippen LogP contribution in [0.1, 0.15) is 39.0 Å². The molecule has 27 heavy (non-hydrogen) atoms. The van der Waals surface area contributed by atoms with E-state index in [1.54, 1.807) is 0 Å². The Morgan fingerprint density at radius 3 is 2.56 bits per heavy atom. The molecule has 1 amide bonds. The lowest BCUT2D eigenvalue weighted by molar-refractivity contribution is -0.145. The minimum Gasteiger partial charge on any atom is -0.373 e. The molecule has 152 valence electrons. The van der Waals surface area contributed by atoms with E-state index in [-0.39, 0.29) is 18.2 Å². The Hall–Kier alpha value is -0.950. The van der Waals surface area contributed by atoms with E-state index in [2.05, 4.69) is 59.9 Å². The lowest BCUT2D eigenvalue weighted by Crippen LogP contribution is -2.58. The molecule has 2 fully saturated rings. The Morgan fingerprint density at radius 2 is 1.93 bits per heavy atom. The predicted molar refractivity (Wildman–Crippen MR) is 111 cm³/mol. The minimum absolute atomic E-state index is 0.0392. The van der Waals surface area contributed by atoms with Crippen molar-refractivity contribution in [3.63, 3.8) is 0 Å². The molecule has 3 unspecified atom stereocenters. The lowest BCUT2D eigenvalue weighted by atomic mass is 9.99. The normalized spacial score (nSPS) is 26.9. The van der Waals surface area contributed by atoms with Crippen LogP contribution in [0.2, 0.25) is 0 Å². The van der Waals surface area contributed by atoms with E-state index in [4.69, 9.17) is 4.74 Å². The van der Waals surface area contributed by atoms with Gasteiger partial charge in [-0.2, -0.15) is 0 Å². The van der Waals surface area contributed by atoms with E-state index in [1.807, 2.05) is 11.3 Å². The van der Waals surface area contributed by atoms with Gasteiger partial charge in [-0.25, -0.2) is 0 Å². The summed E-state index contributed by atoms with van der Waals surface area (Å²) >= 11 is 1.82. The summed E-state index contributed by atoms with van der Waals surface area (Å²) in [6.45, 7) is 15.0. The number of nitrogens with zero attached hydrogens (tertiary/aromatic N) is 3. The predicted octanol–water partition coefficient (Wildman–Crippen LogP) is 2.92. The highest BCUT2D eigenvalue weighted by Gasteiger charge is 2.36. The maximum atomic E-state index is 13.5. The second-order valence-electron chi connectivity index (χ2n) is 8.43. The van der Waals surface area contributed by atoms with Gasteiger partial charge < -0.3 is 9.64 Å². The molecule has 0 N–H and O–H groups in total. The molecule has 0 aromatic carbocycles. The quantitative estimate of drug-likeness (QED) is 0.771. The molecule has 3 heterocycles. The van der Waals surface area contributed by atoms with Crippen LogP contribution in [0.5, 0.6) is 0 Å². The largest absolute Gasteiger partial charge is 0.373 e. The monoisotopic (exact) mass is 393 g/mol. The third-order valence-corrected chi connectivity index (χ3v) is 6.45. The Morgan fingerprint density at radius 1 is 1.19 bits per heavy atom. The summed E-state index contributed by atoms with van der Waals surface area (Å²) in [6, 6.07) is 4.28. The first-order valence-electron chi connectivity index (χ1n) is 10.4. The summed E-state index contributed by atoms with van der Waals surface area (Å²) in [6.07, 6.45) is 1.43. The maximum Gasteiger partial charge on any atom is 0.240 e. The van der Waals surface area contributed by atoms with Gasteiger partial charge in [0.1, 0.15) is 0 Å². The maximum absolute atomic E-state index is 13.5. The van der Waals surface area contributed by atoms with E-state index in [9.17, 15) is 4.79 Å². The molecule has 2 aliphatic rings. The molecule has 0 aliphatic carbocycles. The fraction of sp³-hybridized carbons (Fsp3) is 0.762. The van der Waals surface area contributed by atoms with Crippen molar-refractivity contribution in [2.75, 3.05) is 39.3 Å². The molecular formula is C21H35N3O2S. The Kier molecular flexibility index (Phi) is 7.31. The van der Waals surface area contributed by atoms with Crippen LogP contribution in [0.3, 0.4) is 0 Å². The highest BCUT2D eigenvalue weighted by atomic mass is 32.1. The van der Waals surface area contributed by atoms with Crippen LogP contribution in [0.25, 0.3) is 0 Å². The van der Waals surface area contributed by atoms with E-state index in [0.717, 1.165) is 52.2 Å². The molecule has 1 aromatic rings. The first-order valence-corrected chi connectivity index (χ1v) is 11.2. The molecule has 3 atom stereocenters. The van der Waals surface area contributed by atoms with Gasteiger partial charge in [0.2, 0.25) is 5.91 Å². The topological polar surface area (TPSA) is 36.0 Å². The highest BCUT2D eigenvalue weighted by molar-refractivity contribution is 7.09. The molecule has 2 saturated heterocycles. The van der Waals surface area contributed by atoms with Crippen molar-refractivity contribution >= 4 is 17.2 Å². The van der Waals surface area contributed by atoms with Gasteiger partial charge in [-0.15, -0.1) is 11.3 Å². The number of morpholine rings is 1. The number of carbonyl (C=O) groups excluding carboxylic acids is 1. The number of thiophene rings is 1. The van der Waals surface area contributed by atoms with E-state index in [0.29, 0.717) is 11.8 Å². The lowest BCUT2D eigenvalue weighted by Gasteiger charge is -2.42. The molecule has 0 spiro atoms. The number of hydrogen-bond donors (Lipinski definition) is 0. The van der Waals surface area contributed by atoms with Crippen LogP contribution in [0.4, 0.5) is 0 Å². The summed E-state index contributed by atoms with van der Waals surface area (Å²) in [5, 5.41) is 2.14. The van der Waals surface area contributed by atoms with Gasteiger partial charge in [0, 0.05) is 50.7 Å². The van der Waals surface area contributed by atoms with Crippen molar-refractivity contribution in [3.8, 4) is 0 Å². The van der Waals surface area contributed by atoms with Crippen molar-refractivity contribution in [2.24, 2.45) is 5.92 Å². The molecule has 1 aromatic heterocycles. The van der Waals surface area contributed by atoms with Crippen molar-refractivity contribution in [2.45, 2.75) is 58.9 Å². The van der Waals surface area contributed by atoms with Gasteiger partial charge in [0.15, 0.2) is 0 Å². The van der Waals surface area contributed by atoms with Crippen molar-refractivity contribution in [3.05, 3.63) is 22.4 Å². The molecule has 0 bridgehead atoms. The van der Waals surface area contributed by atoms with Gasteiger partial charge in [-0.3, -0.25) is 14.6 Å². The molecule has 0 radical (unpaired) electrons. The zero-order valence-electron chi connectivity index (χ0n) is 17.3. The summed E-state index contributed by atoms with van der Waals surface area (Å²) in [5.41, 5.74) is 0. The van der Waals surface area contributed by atoms with Crippen LogP contribution >= 0.6 is 11.3 Å².